The Morgan fingerprint density at radius 1 is 0.909 bits per heavy atom. The number of nitrogens with one attached hydrogen (secondary N) is 2. The molecular weight excluding hydrogens is 432 g/mol. The molecule has 2 aliphatic rings. The Morgan fingerprint density at radius 3 is 2.42 bits per heavy atom. The third kappa shape index (κ3) is 5.45. The van der Waals surface area contributed by atoms with Gasteiger partial charge in [0, 0.05) is 32.2 Å². The predicted molar refractivity (Wildman–Crippen MR) is 136 cm³/mol. The highest BCUT2D eigenvalue weighted by Crippen LogP contribution is 2.28. The minimum absolute atomic E-state index is 0.481. The number of fused-ring (bicyclic) bond motifs is 1. The average Bonchev–Trinajstić information content (AvgIpc) is 3.22. The summed E-state index contributed by atoms with van der Waals surface area (Å²) in [6.07, 6.45) is 7.63. The fraction of sp³-hybridized carbons (Fsp3) is 0.400. The van der Waals surface area contributed by atoms with Gasteiger partial charge >= 0.3 is 0 Å². The normalized spacial score (nSPS) is 16.1. The number of rotatable bonds is 5. The lowest BCUT2D eigenvalue weighted by Crippen LogP contribution is -2.33. The minimum atomic E-state index is 0.481. The summed E-state index contributed by atoms with van der Waals surface area (Å²) in [6, 6.07) is 14.6. The summed E-state index contributed by atoms with van der Waals surface area (Å²) in [4.78, 5) is 14.4. The Morgan fingerprint density at radius 2 is 1.67 bits per heavy atom. The molecule has 172 valence electrons. The summed E-state index contributed by atoms with van der Waals surface area (Å²) in [5.41, 5.74) is 2.79. The molecule has 0 aliphatic carbocycles. The van der Waals surface area contributed by atoms with Crippen molar-refractivity contribution in [3.05, 3.63) is 65.6 Å². The van der Waals surface area contributed by atoms with E-state index in [0.29, 0.717) is 17.6 Å². The number of thiocarbonyl (C=S) groups is 1. The molecule has 0 spiro atoms. The van der Waals surface area contributed by atoms with Crippen LogP contribution >= 0.6 is 12.2 Å². The van der Waals surface area contributed by atoms with Crippen LogP contribution in [0, 0.1) is 0 Å². The number of nitrogens with zero attached hydrogens (tertiary/aromatic N) is 4. The van der Waals surface area contributed by atoms with E-state index in [1.165, 1.54) is 36.8 Å². The van der Waals surface area contributed by atoms with Crippen LogP contribution in [0.2, 0.25) is 0 Å². The van der Waals surface area contributed by atoms with Gasteiger partial charge in [-0.3, -0.25) is 0 Å². The van der Waals surface area contributed by atoms with Crippen LogP contribution < -0.4 is 20.4 Å². The van der Waals surface area contributed by atoms with Crippen molar-refractivity contribution < 1.29 is 4.42 Å². The summed E-state index contributed by atoms with van der Waals surface area (Å²) in [5, 5.41) is 6.86. The molecular formula is C25H30N6OS. The lowest BCUT2D eigenvalue weighted by molar-refractivity contribution is 0.503. The zero-order valence-corrected chi connectivity index (χ0v) is 19.6. The Bertz CT molecular complexity index is 1080. The van der Waals surface area contributed by atoms with Gasteiger partial charge in [0.15, 0.2) is 5.11 Å². The van der Waals surface area contributed by atoms with Crippen molar-refractivity contribution in [2.24, 2.45) is 0 Å². The first-order valence-electron chi connectivity index (χ1n) is 11.8. The van der Waals surface area contributed by atoms with Crippen LogP contribution in [0.1, 0.15) is 42.6 Å². The number of benzene rings is 1. The first-order chi connectivity index (χ1) is 16.2. The van der Waals surface area contributed by atoms with E-state index in [4.69, 9.17) is 26.6 Å². The second-order valence-electron chi connectivity index (χ2n) is 8.64. The van der Waals surface area contributed by atoms with E-state index in [9.17, 15) is 0 Å². The molecule has 3 aromatic rings. The van der Waals surface area contributed by atoms with E-state index in [1.54, 1.807) is 6.26 Å². The molecule has 2 aromatic heterocycles. The molecule has 0 amide bonds. The number of anilines is 3. The molecule has 1 fully saturated rings. The second kappa shape index (κ2) is 10.2. The van der Waals surface area contributed by atoms with E-state index in [2.05, 4.69) is 50.8 Å². The zero-order valence-electron chi connectivity index (χ0n) is 18.8. The molecule has 0 radical (unpaired) electrons. The quantitative estimate of drug-likeness (QED) is 0.537. The van der Waals surface area contributed by atoms with Crippen molar-refractivity contribution >= 4 is 34.9 Å². The maximum Gasteiger partial charge on any atom is 0.232 e. The molecule has 33 heavy (non-hydrogen) atoms. The van der Waals surface area contributed by atoms with Crippen molar-refractivity contribution in [1.29, 1.82) is 0 Å². The lowest BCUT2D eigenvalue weighted by Gasteiger charge is -2.31. The fourth-order valence-corrected chi connectivity index (χ4v) is 4.68. The van der Waals surface area contributed by atoms with E-state index < -0.39 is 0 Å². The van der Waals surface area contributed by atoms with Crippen molar-refractivity contribution in [3.63, 3.8) is 0 Å². The molecule has 1 saturated heterocycles. The van der Waals surface area contributed by atoms with Gasteiger partial charge in [0.1, 0.15) is 17.4 Å². The molecule has 0 bridgehead atoms. The molecule has 2 N–H and O–H groups in total. The Labute approximate surface area is 200 Å². The van der Waals surface area contributed by atoms with Gasteiger partial charge in [0.05, 0.1) is 12.8 Å². The molecule has 2 aliphatic heterocycles. The fourth-order valence-electron chi connectivity index (χ4n) is 4.52. The van der Waals surface area contributed by atoms with Gasteiger partial charge in [-0.05, 0) is 54.7 Å². The van der Waals surface area contributed by atoms with Gasteiger partial charge < -0.3 is 24.9 Å². The summed E-state index contributed by atoms with van der Waals surface area (Å²) in [7, 11) is 0. The number of aromatic nitrogens is 2. The predicted octanol–water partition coefficient (Wildman–Crippen LogP) is 4.50. The molecule has 8 heteroatoms. The van der Waals surface area contributed by atoms with Crippen molar-refractivity contribution in [2.45, 2.75) is 45.2 Å². The van der Waals surface area contributed by atoms with E-state index in [1.807, 2.05) is 12.1 Å². The largest absolute Gasteiger partial charge is 0.467 e. The van der Waals surface area contributed by atoms with Gasteiger partial charge in [-0.2, -0.15) is 9.97 Å². The number of hydrogen-bond donors (Lipinski definition) is 2. The molecule has 5 rings (SSSR count). The highest BCUT2D eigenvalue weighted by atomic mass is 32.1. The van der Waals surface area contributed by atoms with Crippen molar-refractivity contribution in [1.82, 2.24) is 15.3 Å². The molecule has 7 nitrogen and oxygen atoms in total. The monoisotopic (exact) mass is 462 g/mol. The van der Waals surface area contributed by atoms with Gasteiger partial charge in [-0.1, -0.05) is 37.1 Å². The Hall–Kier alpha value is -3.13. The van der Waals surface area contributed by atoms with Crippen LogP contribution in [-0.2, 0) is 19.5 Å². The Balaban J connectivity index is 1.37. The van der Waals surface area contributed by atoms with Gasteiger partial charge in [0.2, 0.25) is 5.95 Å². The van der Waals surface area contributed by atoms with E-state index in [0.717, 1.165) is 50.0 Å². The third-order valence-corrected chi connectivity index (χ3v) is 6.56. The van der Waals surface area contributed by atoms with E-state index >= 15 is 0 Å². The van der Waals surface area contributed by atoms with Gasteiger partial charge in [0.25, 0.3) is 0 Å². The standard InChI is InChI=1S/C25H30N6OS/c33-25(26-17-21-10-7-15-32-21)29-24-27-22(30-12-5-1-2-6-13-30)16-23(28-24)31-14-11-19-8-3-4-9-20(19)18-31/h3-4,7-10,15-16H,1-2,5-6,11-14,17-18H2,(H2,26,27,28,29,33). The Kier molecular flexibility index (Phi) is 6.71. The smallest absolute Gasteiger partial charge is 0.232 e. The van der Waals surface area contributed by atoms with Crippen LogP contribution in [0.5, 0.6) is 0 Å². The minimum Gasteiger partial charge on any atom is -0.467 e. The molecule has 0 saturated carbocycles. The summed E-state index contributed by atoms with van der Waals surface area (Å²) >= 11 is 5.51. The second-order valence-corrected chi connectivity index (χ2v) is 9.04. The van der Waals surface area contributed by atoms with Gasteiger partial charge in [-0.25, -0.2) is 0 Å². The van der Waals surface area contributed by atoms with Gasteiger partial charge in [-0.15, -0.1) is 0 Å². The first-order valence-corrected chi connectivity index (χ1v) is 12.2. The highest BCUT2D eigenvalue weighted by molar-refractivity contribution is 7.80. The van der Waals surface area contributed by atoms with Crippen LogP contribution in [0.3, 0.4) is 0 Å². The highest BCUT2D eigenvalue weighted by Gasteiger charge is 2.21. The molecule has 0 atom stereocenters. The van der Waals surface area contributed by atoms with Crippen LogP contribution in [-0.4, -0.2) is 34.7 Å². The maximum absolute atomic E-state index is 5.51. The van der Waals surface area contributed by atoms with Crippen LogP contribution in [0.4, 0.5) is 17.6 Å². The molecule has 4 heterocycles. The van der Waals surface area contributed by atoms with Crippen LogP contribution in [0.15, 0.2) is 53.1 Å². The third-order valence-electron chi connectivity index (χ3n) is 6.31. The first kappa shape index (κ1) is 21.7. The van der Waals surface area contributed by atoms with Crippen molar-refractivity contribution in [2.75, 3.05) is 34.8 Å². The topological polar surface area (TPSA) is 69.5 Å². The summed E-state index contributed by atoms with van der Waals surface area (Å²) in [5.74, 6) is 3.26. The maximum atomic E-state index is 5.51. The lowest BCUT2D eigenvalue weighted by atomic mass is 10.00. The molecule has 1 aromatic carbocycles. The summed E-state index contributed by atoms with van der Waals surface area (Å²) in [6.45, 7) is 4.36. The van der Waals surface area contributed by atoms with E-state index in [-0.39, 0.29) is 0 Å². The zero-order chi connectivity index (χ0) is 22.5. The van der Waals surface area contributed by atoms with Crippen molar-refractivity contribution in [3.8, 4) is 0 Å². The summed E-state index contributed by atoms with van der Waals surface area (Å²) < 4.78 is 5.38. The average molecular weight is 463 g/mol. The van der Waals surface area contributed by atoms with Crippen LogP contribution in [0.25, 0.3) is 0 Å². The number of hydrogen-bond acceptors (Lipinski definition) is 6. The number of furan rings is 1. The molecule has 0 unspecified atom stereocenters. The SMILES string of the molecule is S=C(NCc1ccco1)Nc1nc(N2CCCCCC2)cc(N2CCc3ccccc3C2)n1.